The van der Waals surface area contributed by atoms with Crippen LogP contribution < -0.4 is 5.32 Å². The molecule has 20 heavy (non-hydrogen) atoms. The molecule has 2 aliphatic carbocycles. The first-order chi connectivity index (χ1) is 9.75. The van der Waals surface area contributed by atoms with Gasteiger partial charge >= 0.3 is 0 Å². The summed E-state index contributed by atoms with van der Waals surface area (Å²) in [4.78, 5) is 0. The molecular formula is C17H33NO2. The first kappa shape index (κ1) is 16.3. The molecule has 0 saturated heterocycles. The highest BCUT2D eigenvalue weighted by atomic mass is 16.5. The van der Waals surface area contributed by atoms with Crippen molar-refractivity contribution in [2.75, 3.05) is 13.2 Å². The van der Waals surface area contributed by atoms with Gasteiger partial charge in [-0.2, -0.15) is 0 Å². The van der Waals surface area contributed by atoms with Crippen LogP contribution in [0, 0.1) is 5.92 Å². The van der Waals surface area contributed by atoms with Crippen LogP contribution in [0.2, 0.25) is 0 Å². The maximum atomic E-state index is 10.1. The van der Waals surface area contributed by atoms with Crippen LogP contribution in [0.3, 0.4) is 0 Å². The van der Waals surface area contributed by atoms with Crippen LogP contribution in [0.5, 0.6) is 0 Å². The third-order valence-electron chi connectivity index (χ3n) is 5.05. The minimum absolute atomic E-state index is 0.354. The Morgan fingerprint density at radius 2 is 1.65 bits per heavy atom. The van der Waals surface area contributed by atoms with E-state index in [1.807, 2.05) is 0 Å². The quantitative estimate of drug-likeness (QED) is 0.735. The molecular weight excluding hydrogens is 250 g/mol. The topological polar surface area (TPSA) is 41.5 Å². The minimum Gasteiger partial charge on any atom is -0.389 e. The van der Waals surface area contributed by atoms with E-state index in [1.54, 1.807) is 0 Å². The Balaban J connectivity index is 1.59. The molecule has 0 spiro atoms. The Hall–Kier alpha value is -0.120. The Kier molecular flexibility index (Phi) is 7.32. The average Bonchev–Trinajstić information content (AvgIpc) is 2.68. The van der Waals surface area contributed by atoms with Gasteiger partial charge in [0.1, 0.15) is 0 Å². The predicted octanol–water partition coefficient (Wildman–Crippen LogP) is 3.26. The van der Waals surface area contributed by atoms with Gasteiger partial charge in [-0.1, -0.05) is 45.4 Å². The summed E-state index contributed by atoms with van der Waals surface area (Å²) in [5.74, 6) is 0.740. The van der Waals surface area contributed by atoms with Crippen molar-refractivity contribution < 1.29 is 9.84 Å². The number of hydrogen-bond donors (Lipinski definition) is 2. The van der Waals surface area contributed by atoms with Crippen LogP contribution in [0.4, 0.5) is 0 Å². The van der Waals surface area contributed by atoms with Crippen molar-refractivity contribution in [1.82, 2.24) is 5.32 Å². The molecule has 2 saturated carbocycles. The zero-order chi connectivity index (χ0) is 14.2. The number of rotatable bonds is 6. The molecule has 0 aromatic heterocycles. The number of hydrogen-bond acceptors (Lipinski definition) is 3. The number of nitrogens with one attached hydrogen (secondary N) is 1. The van der Waals surface area contributed by atoms with Crippen molar-refractivity contribution in [3.8, 4) is 0 Å². The van der Waals surface area contributed by atoms with Gasteiger partial charge in [-0.25, -0.2) is 0 Å². The van der Waals surface area contributed by atoms with Gasteiger partial charge in [0.05, 0.1) is 18.8 Å². The van der Waals surface area contributed by atoms with Gasteiger partial charge < -0.3 is 15.2 Å². The second kappa shape index (κ2) is 9.01. The molecule has 0 aromatic rings. The Morgan fingerprint density at radius 3 is 2.40 bits per heavy atom. The monoisotopic (exact) mass is 283 g/mol. The molecule has 3 heteroatoms. The zero-order valence-electron chi connectivity index (χ0n) is 13.2. The highest BCUT2D eigenvalue weighted by molar-refractivity contribution is 4.78. The summed E-state index contributed by atoms with van der Waals surface area (Å²) in [5.41, 5.74) is 0. The molecule has 3 atom stereocenters. The van der Waals surface area contributed by atoms with Gasteiger partial charge in [0.15, 0.2) is 0 Å². The average molecular weight is 283 g/mol. The van der Waals surface area contributed by atoms with E-state index in [-0.39, 0.29) is 6.10 Å². The largest absolute Gasteiger partial charge is 0.389 e. The fourth-order valence-corrected chi connectivity index (χ4v) is 3.62. The number of ether oxygens (including phenoxy) is 1. The van der Waals surface area contributed by atoms with Crippen molar-refractivity contribution in [3.63, 3.8) is 0 Å². The minimum atomic E-state index is -0.354. The van der Waals surface area contributed by atoms with E-state index in [9.17, 15) is 5.11 Å². The number of aliphatic hydroxyl groups excluding tert-OH is 1. The lowest BCUT2D eigenvalue weighted by atomic mass is 9.97. The molecule has 3 nitrogen and oxygen atoms in total. The lowest BCUT2D eigenvalue weighted by Gasteiger charge is -2.26. The summed E-state index contributed by atoms with van der Waals surface area (Å²) >= 11 is 0. The van der Waals surface area contributed by atoms with Gasteiger partial charge in [-0.05, 0) is 31.6 Å². The highest BCUT2D eigenvalue weighted by Gasteiger charge is 2.21. The third kappa shape index (κ3) is 5.71. The van der Waals surface area contributed by atoms with E-state index in [1.165, 1.54) is 64.2 Å². The van der Waals surface area contributed by atoms with E-state index >= 15 is 0 Å². The van der Waals surface area contributed by atoms with Crippen molar-refractivity contribution in [2.45, 2.75) is 89.4 Å². The van der Waals surface area contributed by atoms with Gasteiger partial charge in [0, 0.05) is 12.6 Å². The Bertz CT molecular complexity index is 253. The molecule has 0 radical (unpaired) electrons. The second-order valence-electron chi connectivity index (χ2n) is 6.88. The summed E-state index contributed by atoms with van der Waals surface area (Å²) < 4.78 is 5.85. The predicted molar refractivity (Wildman–Crippen MR) is 82.9 cm³/mol. The van der Waals surface area contributed by atoms with E-state index in [2.05, 4.69) is 12.2 Å². The molecule has 118 valence electrons. The summed E-state index contributed by atoms with van der Waals surface area (Å²) in [6.45, 7) is 3.52. The summed E-state index contributed by atoms with van der Waals surface area (Å²) in [5, 5.41) is 13.6. The smallest absolute Gasteiger partial charge is 0.0897 e. The zero-order valence-corrected chi connectivity index (χ0v) is 13.2. The summed E-state index contributed by atoms with van der Waals surface area (Å²) in [7, 11) is 0. The Morgan fingerprint density at radius 1 is 1.00 bits per heavy atom. The van der Waals surface area contributed by atoms with Crippen molar-refractivity contribution >= 4 is 0 Å². The lowest BCUT2D eigenvalue weighted by Crippen LogP contribution is -2.41. The third-order valence-corrected chi connectivity index (χ3v) is 5.05. The molecule has 0 aromatic carbocycles. The highest BCUT2D eigenvalue weighted by Crippen LogP contribution is 2.23. The molecule has 3 unspecified atom stereocenters. The summed E-state index contributed by atoms with van der Waals surface area (Å²) in [6.07, 6.45) is 13.0. The van der Waals surface area contributed by atoms with E-state index in [4.69, 9.17) is 4.74 Å². The van der Waals surface area contributed by atoms with Crippen molar-refractivity contribution in [2.24, 2.45) is 5.92 Å². The maximum absolute atomic E-state index is 10.1. The molecule has 2 fully saturated rings. The van der Waals surface area contributed by atoms with Crippen LogP contribution >= 0.6 is 0 Å². The summed E-state index contributed by atoms with van der Waals surface area (Å²) in [6, 6.07) is 0.585. The van der Waals surface area contributed by atoms with Crippen LogP contribution in [0.1, 0.15) is 71.1 Å². The molecule has 0 heterocycles. The van der Waals surface area contributed by atoms with Crippen LogP contribution in [-0.4, -0.2) is 36.5 Å². The molecule has 0 amide bonds. The fraction of sp³-hybridized carbons (Fsp3) is 1.00. The SMILES string of the molecule is CC1CCCCCC1NCC(O)COC1CCCCC1. The molecule has 2 rings (SSSR count). The molecule has 0 aliphatic heterocycles. The Labute approximate surface area is 124 Å². The van der Waals surface area contributed by atoms with Gasteiger partial charge in [0.2, 0.25) is 0 Å². The molecule has 0 bridgehead atoms. The standard InChI is InChI=1S/C17H33NO2/c1-14-8-4-2-7-11-17(14)18-12-15(19)13-20-16-9-5-3-6-10-16/h14-19H,2-13H2,1H3. The van der Waals surface area contributed by atoms with Crippen LogP contribution in [-0.2, 0) is 4.74 Å². The van der Waals surface area contributed by atoms with Gasteiger partial charge in [-0.3, -0.25) is 0 Å². The van der Waals surface area contributed by atoms with Crippen LogP contribution in [0.15, 0.2) is 0 Å². The normalized spacial score (nSPS) is 30.9. The first-order valence-electron chi connectivity index (χ1n) is 8.78. The van der Waals surface area contributed by atoms with Gasteiger partial charge in [-0.15, -0.1) is 0 Å². The molecule has 2 N–H and O–H groups in total. The van der Waals surface area contributed by atoms with E-state index in [0.29, 0.717) is 25.3 Å². The van der Waals surface area contributed by atoms with Crippen molar-refractivity contribution in [3.05, 3.63) is 0 Å². The van der Waals surface area contributed by atoms with Crippen molar-refractivity contribution in [1.29, 1.82) is 0 Å². The fourth-order valence-electron chi connectivity index (χ4n) is 3.62. The van der Waals surface area contributed by atoms with Gasteiger partial charge in [0.25, 0.3) is 0 Å². The second-order valence-corrected chi connectivity index (χ2v) is 6.88. The van der Waals surface area contributed by atoms with Crippen LogP contribution in [0.25, 0.3) is 0 Å². The van der Waals surface area contributed by atoms with E-state index in [0.717, 1.165) is 5.92 Å². The lowest BCUT2D eigenvalue weighted by molar-refractivity contribution is -0.0240. The first-order valence-corrected chi connectivity index (χ1v) is 8.78. The van der Waals surface area contributed by atoms with E-state index < -0.39 is 0 Å². The number of aliphatic hydroxyl groups is 1. The molecule has 2 aliphatic rings. The maximum Gasteiger partial charge on any atom is 0.0897 e.